The van der Waals surface area contributed by atoms with Crippen LogP contribution in [0, 0.1) is 0 Å². The molecule has 0 aliphatic carbocycles. The number of para-hydroxylation sites is 1. The number of nitrogens with zero attached hydrogens (tertiary/aromatic N) is 4. The van der Waals surface area contributed by atoms with Gasteiger partial charge in [0.05, 0.1) is 17.8 Å². The third-order valence-electron chi connectivity index (χ3n) is 3.10. The first kappa shape index (κ1) is 15.0. The second kappa shape index (κ2) is 6.09. The predicted molar refractivity (Wildman–Crippen MR) is 81.3 cm³/mol. The minimum atomic E-state index is -0.503. The predicted octanol–water partition coefficient (Wildman–Crippen LogP) is 1.09. The summed E-state index contributed by atoms with van der Waals surface area (Å²) in [5, 5.41) is 7.93. The molecule has 0 amide bonds. The minimum absolute atomic E-state index is 0.0392. The highest BCUT2D eigenvalue weighted by molar-refractivity contribution is 6.32. The van der Waals surface area contributed by atoms with Gasteiger partial charge in [-0.25, -0.2) is 4.79 Å². The van der Waals surface area contributed by atoms with Crippen LogP contribution in [0.4, 0.5) is 0 Å². The molecule has 0 radical (unpaired) electrons. The fourth-order valence-corrected chi connectivity index (χ4v) is 2.18. The zero-order valence-electron chi connectivity index (χ0n) is 12.0. The molecule has 0 N–H and O–H groups in total. The molecule has 0 saturated carbocycles. The third-order valence-corrected chi connectivity index (χ3v) is 3.42. The quantitative estimate of drug-likeness (QED) is 0.709. The first-order chi connectivity index (χ1) is 11.1. The van der Waals surface area contributed by atoms with Gasteiger partial charge < -0.3 is 9.15 Å². The lowest BCUT2D eigenvalue weighted by Crippen LogP contribution is -2.25. The van der Waals surface area contributed by atoms with Gasteiger partial charge in [0, 0.05) is 6.07 Å². The van der Waals surface area contributed by atoms with E-state index in [-0.39, 0.29) is 23.5 Å². The summed E-state index contributed by atoms with van der Waals surface area (Å²) in [4.78, 5) is 24.0. The van der Waals surface area contributed by atoms with Crippen LogP contribution in [0.3, 0.4) is 0 Å². The van der Waals surface area contributed by atoms with Gasteiger partial charge in [0.25, 0.3) is 0 Å². The lowest BCUT2D eigenvalue weighted by atomic mass is 10.3. The average molecular weight is 335 g/mol. The molecule has 2 heterocycles. The SMILES string of the molecule is COc1coc(Cn2nnn(-c3ccccc3Cl)c2=O)cc1=O. The zero-order chi connectivity index (χ0) is 16.4. The van der Waals surface area contributed by atoms with Crippen LogP contribution in [-0.4, -0.2) is 26.9 Å². The second-order valence-electron chi connectivity index (χ2n) is 4.56. The molecule has 0 aliphatic rings. The van der Waals surface area contributed by atoms with Crippen molar-refractivity contribution >= 4 is 11.6 Å². The number of ether oxygens (including phenoxy) is 1. The van der Waals surface area contributed by atoms with Gasteiger partial charge in [0.2, 0.25) is 11.2 Å². The van der Waals surface area contributed by atoms with Crippen LogP contribution in [0.2, 0.25) is 5.02 Å². The van der Waals surface area contributed by atoms with E-state index in [1.807, 2.05) is 0 Å². The van der Waals surface area contributed by atoms with Crippen LogP contribution >= 0.6 is 11.6 Å². The van der Waals surface area contributed by atoms with Crippen LogP contribution < -0.4 is 15.9 Å². The van der Waals surface area contributed by atoms with Gasteiger partial charge in [0.15, 0.2) is 0 Å². The molecule has 3 rings (SSSR count). The van der Waals surface area contributed by atoms with Crippen molar-refractivity contribution in [2.24, 2.45) is 0 Å². The van der Waals surface area contributed by atoms with E-state index < -0.39 is 5.69 Å². The summed E-state index contributed by atoms with van der Waals surface area (Å²) >= 11 is 6.04. The smallest absolute Gasteiger partial charge is 0.368 e. The van der Waals surface area contributed by atoms with Crippen molar-refractivity contribution in [3.05, 3.63) is 68.1 Å². The van der Waals surface area contributed by atoms with E-state index in [1.54, 1.807) is 24.3 Å². The number of aromatic nitrogens is 4. The van der Waals surface area contributed by atoms with Crippen LogP contribution in [0.5, 0.6) is 5.75 Å². The molecule has 0 saturated heterocycles. The first-order valence-corrected chi connectivity index (χ1v) is 6.91. The molecular formula is C14H11ClN4O4. The maximum Gasteiger partial charge on any atom is 0.368 e. The van der Waals surface area contributed by atoms with E-state index in [4.69, 9.17) is 20.8 Å². The summed E-state index contributed by atoms with van der Waals surface area (Å²) in [5.74, 6) is 0.338. The largest absolute Gasteiger partial charge is 0.490 e. The summed E-state index contributed by atoms with van der Waals surface area (Å²) in [7, 11) is 1.37. The number of methoxy groups -OCH3 is 1. The Morgan fingerprint density at radius 3 is 2.74 bits per heavy atom. The van der Waals surface area contributed by atoms with Crippen molar-refractivity contribution < 1.29 is 9.15 Å². The third kappa shape index (κ3) is 2.88. The van der Waals surface area contributed by atoms with Crippen LogP contribution in [0.25, 0.3) is 5.69 Å². The monoisotopic (exact) mass is 334 g/mol. The molecule has 8 nitrogen and oxygen atoms in total. The Balaban J connectivity index is 1.94. The first-order valence-electron chi connectivity index (χ1n) is 6.53. The maximum atomic E-state index is 12.3. The highest BCUT2D eigenvalue weighted by Crippen LogP contribution is 2.16. The lowest BCUT2D eigenvalue weighted by Gasteiger charge is -2.01. The molecule has 1 aromatic carbocycles. The fraction of sp³-hybridized carbons (Fsp3) is 0.143. The highest BCUT2D eigenvalue weighted by atomic mass is 35.5. The fourth-order valence-electron chi connectivity index (χ4n) is 1.97. The van der Waals surface area contributed by atoms with Crippen molar-refractivity contribution in [3.63, 3.8) is 0 Å². The van der Waals surface area contributed by atoms with Crippen LogP contribution in [0.1, 0.15) is 5.76 Å². The second-order valence-corrected chi connectivity index (χ2v) is 4.97. The number of hydrogen-bond acceptors (Lipinski definition) is 6. The van der Waals surface area contributed by atoms with Crippen LogP contribution in [-0.2, 0) is 6.54 Å². The van der Waals surface area contributed by atoms with Crippen molar-refractivity contribution in [2.75, 3.05) is 7.11 Å². The zero-order valence-corrected chi connectivity index (χ0v) is 12.7. The molecule has 118 valence electrons. The van der Waals surface area contributed by atoms with Crippen molar-refractivity contribution in [1.29, 1.82) is 0 Å². The Morgan fingerprint density at radius 2 is 2.04 bits per heavy atom. The van der Waals surface area contributed by atoms with Crippen molar-refractivity contribution in [3.8, 4) is 11.4 Å². The van der Waals surface area contributed by atoms with E-state index in [9.17, 15) is 9.59 Å². The Labute approximate surface area is 134 Å². The molecule has 0 aliphatic heterocycles. The maximum absolute atomic E-state index is 12.3. The summed E-state index contributed by atoms with van der Waals surface area (Å²) in [6.45, 7) is -0.0392. The number of hydrogen-bond donors (Lipinski definition) is 0. The molecule has 3 aromatic rings. The van der Waals surface area contributed by atoms with Gasteiger partial charge in [-0.1, -0.05) is 23.7 Å². The van der Waals surface area contributed by atoms with Gasteiger partial charge in [-0.3, -0.25) is 4.79 Å². The van der Waals surface area contributed by atoms with Gasteiger partial charge in [-0.15, -0.1) is 0 Å². The van der Waals surface area contributed by atoms with Gasteiger partial charge in [-0.2, -0.15) is 9.36 Å². The van der Waals surface area contributed by atoms with E-state index in [2.05, 4.69) is 10.4 Å². The topological polar surface area (TPSA) is 92.2 Å². The lowest BCUT2D eigenvalue weighted by molar-refractivity contribution is 0.373. The Kier molecular flexibility index (Phi) is 3.98. The highest BCUT2D eigenvalue weighted by Gasteiger charge is 2.13. The molecule has 0 spiro atoms. The Bertz CT molecular complexity index is 960. The number of tetrazole rings is 1. The van der Waals surface area contributed by atoms with Crippen LogP contribution in [0.15, 0.2) is 50.6 Å². The van der Waals surface area contributed by atoms with Crippen molar-refractivity contribution in [1.82, 2.24) is 19.8 Å². The standard InChI is InChI=1S/C14H11ClN4O4/c1-22-13-8-23-9(6-12(13)20)7-18-14(21)19(17-16-18)11-5-3-2-4-10(11)15/h2-6,8H,7H2,1H3. The number of halogens is 1. The molecular weight excluding hydrogens is 324 g/mol. The minimum Gasteiger partial charge on any atom is -0.490 e. The summed E-state index contributed by atoms with van der Waals surface area (Å²) < 4.78 is 12.2. The number of benzene rings is 1. The molecule has 0 unspecified atom stereocenters. The Morgan fingerprint density at radius 1 is 1.26 bits per heavy atom. The van der Waals surface area contributed by atoms with E-state index >= 15 is 0 Å². The van der Waals surface area contributed by atoms with E-state index in [0.29, 0.717) is 10.7 Å². The summed E-state index contributed by atoms with van der Waals surface area (Å²) in [5.41, 5.74) is -0.432. The van der Waals surface area contributed by atoms with Gasteiger partial charge in [0.1, 0.15) is 18.6 Å². The normalized spacial score (nSPS) is 10.7. The average Bonchev–Trinajstić information content (AvgIpc) is 2.89. The molecule has 23 heavy (non-hydrogen) atoms. The molecule has 0 bridgehead atoms. The van der Waals surface area contributed by atoms with E-state index in [0.717, 1.165) is 9.36 Å². The Hall–Kier alpha value is -2.87. The van der Waals surface area contributed by atoms with Gasteiger partial charge in [-0.05, 0) is 22.6 Å². The molecule has 2 aromatic heterocycles. The van der Waals surface area contributed by atoms with Gasteiger partial charge >= 0.3 is 5.69 Å². The molecule has 0 atom stereocenters. The molecule has 0 fully saturated rings. The molecule has 9 heteroatoms. The number of rotatable bonds is 4. The summed E-state index contributed by atoms with van der Waals surface area (Å²) in [6, 6.07) is 8.00. The van der Waals surface area contributed by atoms with Crippen molar-refractivity contribution in [2.45, 2.75) is 6.54 Å². The van der Waals surface area contributed by atoms with E-state index in [1.165, 1.54) is 19.4 Å². The summed E-state index contributed by atoms with van der Waals surface area (Å²) in [6.07, 6.45) is 1.18.